The van der Waals surface area contributed by atoms with E-state index in [2.05, 4.69) is 23.1 Å². The van der Waals surface area contributed by atoms with Crippen LogP contribution >= 0.6 is 0 Å². The van der Waals surface area contributed by atoms with Gasteiger partial charge in [-0.25, -0.2) is 0 Å². The van der Waals surface area contributed by atoms with Crippen molar-refractivity contribution < 1.29 is 4.74 Å². The molecule has 0 aliphatic heterocycles. The van der Waals surface area contributed by atoms with Gasteiger partial charge in [0, 0.05) is 6.54 Å². The van der Waals surface area contributed by atoms with Crippen molar-refractivity contribution in [2.24, 2.45) is 0 Å². The minimum atomic E-state index is -0.0299. The highest BCUT2D eigenvalue weighted by atomic mass is 16.5. The van der Waals surface area contributed by atoms with E-state index in [-0.39, 0.29) is 6.04 Å². The van der Waals surface area contributed by atoms with E-state index in [0.717, 1.165) is 18.7 Å². The van der Waals surface area contributed by atoms with E-state index in [4.69, 9.17) is 10.00 Å². The van der Waals surface area contributed by atoms with E-state index < -0.39 is 0 Å². The molecule has 0 saturated carbocycles. The van der Waals surface area contributed by atoms with Gasteiger partial charge in [-0.15, -0.1) is 0 Å². The van der Waals surface area contributed by atoms with Gasteiger partial charge in [-0.3, -0.25) is 4.90 Å². The third-order valence-electron chi connectivity index (χ3n) is 2.84. The number of benzene rings is 1. The van der Waals surface area contributed by atoms with E-state index >= 15 is 0 Å². The zero-order valence-corrected chi connectivity index (χ0v) is 10.8. The molecule has 0 fully saturated rings. The predicted octanol–water partition coefficient (Wildman–Crippen LogP) is 2.47. The number of rotatable bonds is 6. The van der Waals surface area contributed by atoms with Gasteiger partial charge in [0.1, 0.15) is 5.75 Å². The van der Waals surface area contributed by atoms with Gasteiger partial charge in [0.2, 0.25) is 0 Å². The van der Waals surface area contributed by atoms with Crippen LogP contribution in [0.2, 0.25) is 0 Å². The zero-order valence-electron chi connectivity index (χ0n) is 10.8. The van der Waals surface area contributed by atoms with Crippen LogP contribution in [0.15, 0.2) is 24.3 Å². The lowest BCUT2D eigenvalue weighted by Crippen LogP contribution is -2.29. The Hall–Kier alpha value is -1.53. The van der Waals surface area contributed by atoms with Crippen molar-refractivity contribution in [3.63, 3.8) is 0 Å². The molecule has 0 aliphatic rings. The first-order valence-electron chi connectivity index (χ1n) is 5.99. The average molecular weight is 232 g/mol. The molecule has 17 heavy (non-hydrogen) atoms. The normalized spacial score (nSPS) is 12.2. The van der Waals surface area contributed by atoms with Crippen molar-refractivity contribution in [3.05, 3.63) is 29.8 Å². The van der Waals surface area contributed by atoms with Crippen LogP contribution in [0.1, 0.15) is 19.4 Å². The summed E-state index contributed by atoms with van der Waals surface area (Å²) in [4.78, 5) is 2.05. The zero-order chi connectivity index (χ0) is 12.7. The van der Waals surface area contributed by atoms with Crippen LogP contribution in [-0.4, -0.2) is 31.1 Å². The van der Waals surface area contributed by atoms with Crippen LogP contribution in [0, 0.1) is 11.3 Å². The Balaban J connectivity index is 2.45. The van der Waals surface area contributed by atoms with Crippen LogP contribution in [-0.2, 0) is 6.42 Å². The number of hydrogen-bond donors (Lipinski definition) is 0. The van der Waals surface area contributed by atoms with Crippen LogP contribution in [0.25, 0.3) is 0 Å². The maximum atomic E-state index is 8.79. The second-order valence-corrected chi connectivity index (χ2v) is 4.11. The molecule has 0 saturated heterocycles. The van der Waals surface area contributed by atoms with Crippen LogP contribution in [0.5, 0.6) is 5.75 Å². The monoisotopic (exact) mass is 232 g/mol. The van der Waals surface area contributed by atoms with Gasteiger partial charge >= 0.3 is 0 Å². The largest absolute Gasteiger partial charge is 0.494 e. The quantitative estimate of drug-likeness (QED) is 0.756. The van der Waals surface area contributed by atoms with Gasteiger partial charge in [0.15, 0.2) is 0 Å². The van der Waals surface area contributed by atoms with Gasteiger partial charge in [-0.05, 0) is 45.0 Å². The maximum absolute atomic E-state index is 8.79. The summed E-state index contributed by atoms with van der Waals surface area (Å²) in [5.41, 5.74) is 1.27. The fraction of sp³-hybridized carbons (Fsp3) is 0.500. The second kappa shape index (κ2) is 6.93. The van der Waals surface area contributed by atoms with Crippen molar-refractivity contribution in [3.8, 4) is 11.8 Å². The Morgan fingerprint density at radius 1 is 1.35 bits per heavy atom. The fourth-order valence-corrected chi connectivity index (χ4v) is 1.52. The molecule has 0 aliphatic carbocycles. The summed E-state index contributed by atoms with van der Waals surface area (Å²) in [7, 11) is 1.97. The topological polar surface area (TPSA) is 36.3 Å². The summed E-state index contributed by atoms with van der Waals surface area (Å²) < 4.78 is 5.39. The predicted molar refractivity (Wildman–Crippen MR) is 69.0 cm³/mol. The van der Waals surface area contributed by atoms with Gasteiger partial charge in [-0.2, -0.15) is 5.26 Å². The Morgan fingerprint density at radius 2 is 2.00 bits per heavy atom. The fourth-order valence-electron chi connectivity index (χ4n) is 1.52. The highest BCUT2D eigenvalue weighted by Crippen LogP contribution is 2.12. The molecular weight excluding hydrogens is 212 g/mol. The molecule has 1 atom stereocenters. The van der Waals surface area contributed by atoms with Crippen LogP contribution in [0.3, 0.4) is 0 Å². The van der Waals surface area contributed by atoms with Crippen LogP contribution in [0.4, 0.5) is 0 Å². The Kier molecular flexibility index (Phi) is 5.51. The molecule has 0 aromatic heterocycles. The molecule has 92 valence electrons. The van der Waals surface area contributed by atoms with Crippen molar-refractivity contribution in [1.82, 2.24) is 4.90 Å². The molecule has 0 amide bonds. The van der Waals surface area contributed by atoms with Crippen molar-refractivity contribution >= 4 is 0 Å². The van der Waals surface area contributed by atoms with Gasteiger partial charge < -0.3 is 4.74 Å². The molecule has 1 rings (SSSR count). The summed E-state index contributed by atoms with van der Waals surface area (Å²) >= 11 is 0. The van der Waals surface area contributed by atoms with Crippen molar-refractivity contribution in [2.45, 2.75) is 26.3 Å². The number of nitrogens with zero attached hydrogens (tertiary/aromatic N) is 2. The number of ether oxygens (including phenoxy) is 1. The first kappa shape index (κ1) is 13.5. The number of hydrogen-bond acceptors (Lipinski definition) is 3. The first-order valence-corrected chi connectivity index (χ1v) is 5.99. The molecule has 0 N–H and O–H groups in total. The second-order valence-electron chi connectivity index (χ2n) is 4.11. The average Bonchev–Trinajstić information content (AvgIpc) is 2.37. The summed E-state index contributed by atoms with van der Waals surface area (Å²) in [6, 6.07) is 10.3. The molecule has 1 aromatic rings. The van der Waals surface area contributed by atoms with E-state index in [1.165, 1.54) is 5.56 Å². The van der Waals surface area contributed by atoms with E-state index in [0.29, 0.717) is 6.61 Å². The minimum Gasteiger partial charge on any atom is -0.494 e. The molecule has 0 spiro atoms. The molecule has 0 heterocycles. The third-order valence-corrected chi connectivity index (χ3v) is 2.84. The van der Waals surface area contributed by atoms with Crippen LogP contribution < -0.4 is 4.74 Å². The van der Waals surface area contributed by atoms with Gasteiger partial charge in [0.25, 0.3) is 0 Å². The lowest BCUT2D eigenvalue weighted by Gasteiger charge is -2.18. The highest BCUT2D eigenvalue weighted by molar-refractivity contribution is 5.27. The molecule has 1 unspecified atom stereocenters. The number of likely N-dealkylation sites (N-methyl/N-ethyl adjacent to an activating group) is 1. The molecule has 3 nitrogen and oxygen atoms in total. The number of nitriles is 1. The Morgan fingerprint density at radius 3 is 2.53 bits per heavy atom. The van der Waals surface area contributed by atoms with E-state index in [1.807, 2.05) is 33.0 Å². The summed E-state index contributed by atoms with van der Waals surface area (Å²) in [5.74, 6) is 0.912. The lowest BCUT2D eigenvalue weighted by molar-refractivity contribution is 0.306. The molecule has 0 bridgehead atoms. The SMILES string of the molecule is CCOc1ccc(CCN(C)C(C)C#N)cc1. The maximum Gasteiger partial charge on any atom is 0.119 e. The van der Waals surface area contributed by atoms with E-state index in [1.54, 1.807) is 0 Å². The Labute approximate surface area is 104 Å². The molecule has 0 radical (unpaired) electrons. The minimum absolute atomic E-state index is 0.0299. The first-order chi connectivity index (χ1) is 8.17. The third kappa shape index (κ3) is 4.46. The van der Waals surface area contributed by atoms with Crippen molar-refractivity contribution in [1.29, 1.82) is 5.26 Å². The smallest absolute Gasteiger partial charge is 0.119 e. The summed E-state index contributed by atoms with van der Waals surface area (Å²) in [5, 5.41) is 8.79. The van der Waals surface area contributed by atoms with E-state index in [9.17, 15) is 0 Å². The lowest BCUT2D eigenvalue weighted by atomic mass is 10.1. The summed E-state index contributed by atoms with van der Waals surface area (Å²) in [6.45, 7) is 5.48. The molecule has 3 heteroatoms. The highest BCUT2D eigenvalue weighted by Gasteiger charge is 2.06. The van der Waals surface area contributed by atoms with Crippen molar-refractivity contribution in [2.75, 3.05) is 20.2 Å². The standard InChI is InChI=1S/C14H20N2O/c1-4-17-14-7-5-13(6-8-14)9-10-16(3)12(2)11-15/h5-8,12H,4,9-10H2,1-3H3. The molecule has 1 aromatic carbocycles. The summed E-state index contributed by atoms with van der Waals surface area (Å²) in [6.07, 6.45) is 0.953. The van der Waals surface area contributed by atoms with Gasteiger partial charge in [0.05, 0.1) is 18.7 Å². The van der Waals surface area contributed by atoms with Gasteiger partial charge in [-0.1, -0.05) is 12.1 Å². The Bertz CT molecular complexity index is 367. The molecular formula is C14H20N2O.